The van der Waals surface area contributed by atoms with Gasteiger partial charge in [0.1, 0.15) is 0 Å². The number of benzene rings is 1. The molecule has 0 aliphatic carbocycles. The molecule has 1 saturated heterocycles. The summed E-state index contributed by atoms with van der Waals surface area (Å²) in [5.41, 5.74) is 7.98. The zero-order valence-electron chi connectivity index (χ0n) is 10.5. The lowest BCUT2D eigenvalue weighted by Gasteiger charge is -2.15. The average Bonchev–Trinajstić information content (AvgIpc) is 2.85. The molecule has 0 aromatic heterocycles. The number of rotatable bonds is 4. The molecule has 1 atom stereocenters. The first-order valence-electron chi connectivity index (χ1n) is 6.22. The van der Waals surface area contributed by atoms with Crippen molar-refractivity contribution in [2.75, 3.05) is 30.8 Å². The second-order valence-corrected chi connectivity index (χ2v) is 4.37. The van der Waals surface area contributed by atoms with Gasteiger partial charge in [0.2, 0.25) is 0 Å². The van der Waals surface area contributed by atoms with Crippen molar-refractivity contribution in [1.82, 2.24) is 5.32 Å². The van der Waals surface area contributed by atoms with E-state index in [2.05, 4.69) is 10.6 Å². The van der Waals surface area contributed by atoms with Crippen LogP contribution in [0.2, 0.25) is 0 Å². The second-order valence-electron chi connectivity index (χ2n) is 4.37. The predicted molar refractivity (Wildman–Crippen MR) is 71.7 cm³/mol. The monoisotopic (exact) mass is 249 g/mol. The molecule has 1 heterocycles. The highest BCUT2D eigenvalue weighted by Crippen LogP contribution is 2.22. The SMILES string of the molecule is CCNC(=O)c1ccc(NC2CCOC2)c(N)c1. The maximum Gasteiger partial charge on any atom is 0.251 e. The molecule has 18 heavy (non-hydrogen) atoms. The summed E-state index contributed by atoms with van der Waals surface area (Å²) in [6, 6.07) is 5.63. The Kier molecular flexibility index (Phi) is 4.04. The molecule has 5 nitrogen and oxygen atoms in total. The smallest absolute Gasteiger partial charge is 0.251 e. The summed E-state index contributed by atoms with van der Waals surface area (Å²) in [5.74, 6) is -0.0973. The van der Waals surface area contributed by atoms with Crippen LogP contribution in [0, 0.1) is 0 Å². The van der Waals surface area contributed by atoms with E-state index in [9.17, 15) is 4.79 Å². The number of carbonyl (C=O) groups is 1. The minimum atomic E-state index is -0.0973. The summed E-state index contributed by atoms with van der Waals surface area (Å²) in [6.07, 6.45) is 0.984. The van der Waals surface area contributed by atoms with E-state index in [1.807, 2.05) is 13.0 Å². The van der Waals surface area contributed by atoms with Gasteiger partial charge in [0.25, 0.3) is 5.91 Å². The third-order valence-electron chi connectivity index (χ3n) is 2.94. The van der Waals surface area contributed by atoms with Crippen LogP contribution in [-0.4, -0.2) is 31.7 Å². The number of hydrogen-bond donors (Lipinski definition) is 3. The van der Waals surface area contributed by atoms with E-state index < -0.39 is 0 Å². The first kappa shape index (κ1) is 12.7. The number of nitrogens with two attached hydrogens (primary N) is 1. The van der Waals surface area contributed by atoms with Crippen molar-refractivity contribution < 1.29 is 9.53 Å². The Bertz CT molecular complexity index is 428. The van der Waals surface area contributed by atoms with E-state index in [0.29, 0.717) is 30.4 Å². The molecule has 0 radical (unpaired) electrons. The number of nitrogen functional groups attached to an aromatic ring is 1. The molecule has 5 heteroatoms. The molecule has 2 rings (SSSR count). The fourth-order valence-corrected chi connectivity index (χ4v) is 1.97. The van der Waals surface area contributed by atoms with Gasteiger partial charge >= 0.3 is 0 Å². The average molecular weight is 249 g/mol. The summed E-state index contributed by atoms with van der Waals surface area (Å²) < 4.78 is 5.30. The molecule has 1 aromatic carbocycles. The zero-order valence-corrected chi connectivity index (χ0v) is 10.5. The molecule has 4 N–H and O–H groups in total. The zero-order chi connectivity index (χ0) is 13.0. The molecule has 0 spiro atoms. The Balaban J connectivity index is 2.06. The molecule has 1 amide bonds. The Morgan fingerprint density at radius 2 is 2.39 bits per heavy atom. The number of amides is 1. The van der Waals surface area contributed by atoms with Crippen LogP contribution in [0.4, 0.5) is 11.4 Å². The largest absolute Gasteiger partial charge is 0.397 e. The third-order valence-corrected chi connectivity index (χ3v) is 2.94. The van der Waals surface area contributed by atoms with Gasteiger partial charge in [-0.3, -0.25) is 4.79 Å². The molecular formula is C13H19N3O2. The van der Waals surface area contributed by atoms with E-state index in [4.69, 9.17) is 10.5 Å². The van der Waals surface area contributed by atoms with Crippen LogP contribution in [0.25, 0.3) is 0 Å². The van der Waals surface area contributed by atoms with Gasteiger partial charge in [0.05, 0.1) is 24.0 Å². The lowest BCUT2D eigenvalue weighted by molar-refractivity contribution is 0.0956. The van der Waals surface area contributed by atoms with Crippen molar-refractivity contribution in [3.63, 3.8) is 0 Å². The van der Waals surface area contributed by atoms with Gasteiger partial charge in [-0.05, 0) is 31.5 Å². The van der Waals surface area contributed by atoms with Crippen LogP contribution in [0.3, 0.4) is 0 Å². The molecule has 1 aromatic rings. The second kappa shape index (κ2) is 5.73. The number of carbonyl (C=O) groups excluding carboxylic acids is 1. The minimum Gasteiger partial charge on any atom is -0.397 e. The molecule has 1 aliphatic heterocycles. The summed E-state index contributed by atoms with van der Waals surface area (Å²) in [7, 11) is 0. The van der Waals surface area contributed by atoms with Gasteiger partial charge in [0, 0.05) is 18.7 Å². The summed E-state index contributed by atoms with van der Waals surface area (Å²) in [4.78, 5) is 11.6. The van der Waals surface area contributed by atoms with Gasteiger partial charge in [-0.15, -0.1) is 0 Å². The van der Waals surface area contributed by atoms with Crippen molar-refractivity contribution in [3.8, 4) is 0 Å². The van der Waals surface area contributed by atoms with Crippen LogP contribution in [0.15, 0.2) is 18.2 Å². The van der Waals surface area contributed by atoms with Crippen molar-refractivity contribution >= 4 is 17.3 Å². The Labute approximate surface area is 107 Å². The number of hydrogen-bond acceptors (Lipinski definition) is 4. The molecular weight excluding hydrogens is 230 g/mol. The molecule has 0 bridgehead atoms. The van der Waals surface area contributed by atoms with Crippen LogP contribution in [-0.2, 0) is 4.74 Å². The van der Waals surface area contributed by atoms with Crippen molar-refractivity contribution in [3.05, 3.63) is 23.8 Å². The Hall–Kier alpha value is -1.75. The standard InChI is InChI=1S/C13H19N3O2/c1-2-15-13(17)9-3-4-12(11(14)7-9)16-10-5-6-18-8-10/h3-4,7,10,16H,2,5-6,8,14H2,1H3,(H,15,17). The maximum absolute atomic E-state index is 11.6. The molecule has 1 unspecified atom stereocenters. The van der Waals surface area contributed by atoms with E-state index in [1.54, 1.807) is 12.1 Å². The van der Waals surface area contributed by atoms with Gasteiger partial charge in [0.15, 0.2) is 0 Å². The summed E-state index contributed by atoms with van der Waals surface area (Å²) in [5, 5.41) is 6.07. The quantitative estimate of drug-likeness (QED) is 0.701. The van der Waals surface area contributed by atoms with E-state index in [-0.39, 0.29) is 5.91 Å². The highest BCUT2D eigenvalue weighted by molar-refractivity contribution is 5.96. The van der Waals surface area contributed by atoms with Crippen LogP contribution in [0.5, 0.6) is 0 Å². The summed E-state index contributed by atoms with van der Waals surface area (Å²) in [6.45, 7) is 3.99. The molecule has 98 valence electrons. The van der Waals surface area contributed by atoms with Crippen LogP contribution >= 0.6 is 0 Å². The number of ether oxygens (including phenoxy) is 1. The first-order chi connectivity index (χ1) is 8.70. The van der Waals surface area contributed by atoms with Crippen molar-refractivity contribution in [2.45, 2.75) is 19.4 Å². The van der Waals surface area contributed by atoms with Gasteiger partial charge in [-0.2, -0.15) is 0 Å². The van der Waals surface area contributed by atoms with Crippen molar-refractivity contribution in [1.29, 1.82) is 0 Å². The van der Waals surface area contributed by atoms with Gasteiger partial charge < -0.3 is 21.1 Å². The number of nitrogens with one attached hydrogen (secondary N) is 2. The van der Waals surface area contributed by atoms with Crippen LogP contribution in [0.1, 0.15) is 23.7 Å². The maximum atomic E-state index is 11.6. The van der Waals surface area contributed by atoms with Gasteiger partial charge in [-0.1, -0.05) is 0 Å². The lowest BCUT2D eigenvalue weighted by atomic mass is 10.1. The van der Waals surface area contributed by atoms with E-state index in [1.165, 1.54) is 0 Å². The summed E-state index contributed by atoms with van der Waals surface area (Å²) >= 11 is 0. The minimum absolute atomic E-state index is 0.0973. The topological polar surface area (TPSA) is 76.4 Å². The van der Waals surface area contributed by atoms with Gasteiger partial charge in [-0.25, -0.2) is 0 Å². The molecule has 0 saturated carbocycles. The van der Waals surface area contributed by atoms with E-state index in [0.717, 1.165) is 18.7 Å². The van der Waals surface area contributed by atoms with Crippen molar-refractivity contribution in [2.24, 2.45) is 0 Å². The van der Waals surface area contributed by atoms with E-state index >= 15 is 0 Å². The lowest BCUT2D eigenvalue weighted by Crippen LogP contribution is -2.23. The highest BCUT2D eigenvalue weighted by Gasteiger charge is 2.16. The number of anilines is 2. The predicted octanol–water partition coefficient (Wildman–Crippen LogP) is 1.22. The molecule has 1 fully saturated rings. The first-order valence-corrected chi connectivity index (χ1v) is 6.22. The Morgan fingerprint density at radius 3 is 3.00 bits per heavy atom. The fourth-order valence-electron chi connectivity index (χ4n) is 1.97. The molecule has 1 aliphatic rings. The van der Waals surface area contributed by atoms with Crippen LogP contribution < -0.4 is 16.4 Å². The third kappa shape index (κ3) is 2.92. The Morgan fingerprint density at radius 1 is 1.56 bits per heavy atom. The fraction of sp³-hybridized carbons (Fsp3) is 0.462. The highest BCUT2D eigenvalue weighted by atomic mass is 16.5. The normalized spacial score (nSPS) is 18.6.